The molecule has 0 spiro atoms. The predicted octanol–water partition coefficient (Wildman–Crippen LogP) is 14.2. The molecule has 0 saturated carbocycles. The van der Waals surface area contributed by atoms with Crippen LogP contribution in [0.25, 0.3) is 0 Å². The smallest absolute Gasteiger partial charge is 0.197 e. The Morgan fingerprint density at radius 3 is 0.643 bits per heavy atom. The Morgan fingerprint density at radius 1 is 0.257 bits per heavy atom. The van der Waals surface area contributed by atoms with Crippen molar-refractivity contribution >= 4 is 28.0 Å². The number of rotatable bonds is 30. The van der Waals surface area contributed by atoms with E-state index in [1.54, 1.807) is 0 Å². The van der Waals surface area contributed by atoms with E-state index in [4.69, 9.17) is 0 Å². The zero-order chi connectivity index (χ0) is 52.0. The highest BCUT2D eigenvalue weighted by molar-refractivity contribution is 7.20. The summed E-state index contributed by atoms with van der Waals surface area (Å²) in [4.78, 5) is 0. The molecule has 0 heterocycles. The molecule has 4 aromatic carbocycles. The minimum atomic E-state index is -5.62. The molecule has 0 aliphatic heterocycles. The van der Waals surface area contributed by atoms with Crippen LogP contribution in [0.2, 0.25) is 0 Å². The lowest BCUT2D eigenvalue weighted by Gasteiger charge is -2.44. The molecular formula is C52H64BF16N. The third kappa shape index (κ3) is 15.9. The zero-order valence-electron chi connectivity index (χ0n) is 39.9. The van der Waals surface area contributed by atoms with Gasteiger partial charge in [-0.25, -0.2) is 70.2 Å². The van der Waals surface area contributed by atoms with E-state index in [0.29, 0.717) is 0 Å². The normalized spacial score (nSPS) is 11.7. The minimum Gasteiger partial charge on any atom is -0.346 e. The summed E-state index contributed by atoms with van der Waals surface area (Å²) in [7, 11) is 0. The Labute approximate surface area is 401 Å². The minimum absolute atomic E-state index is 0.621. The third-order valence-electron chi connectivity index (χ3n) is 12.9. The first-order valence-corrected chi connectivity index (χ1v) is 24.7. The van der Waals surface area contributed by atoms with E-state index >= 15 is 17.6 Å². The van der Waals surface area contributed by atoms with Crippen LogP contribution in [0.5, 0.6) is 0 Å². The van der Waals surface area contributed by atoms with Gasteiger partial charge in [0.1, 0.15) is 29.4 Å². The van der Waals surface area contributed by atoms with Crippen molar-refractivity contribution in [3.63, 3.8) is 0 Å². The van der Waals surface area contributed by atoms with Gasteiger partial charge in [0.05, 0.1) is 13.1 Å². The maximum absolute atomic E-state index is 15.3. The molecule has 0 aromatic heterocycles. The highest BCUT2D eigenvalue weighted by Gasteiger charge is 2.45. The molecule has 0 radical (unpaired) electrons. The summed E-state index contributed by atoms with van der Waals surface area (Å²) in [6.45, 7) is 7.35. The van der Waals surface area contributed by atoms with Gasteiger partial charge in [-0.3, -0.25) is 0 Å². The molecule has 4 aromatic rings. The van der Waals surface area contributed by atoms with E-state index < -0.39 is 145 Å². The number of unbranched alkanes of at least 4 members (excludes halogenated alkanes) is 22. The molecule has 0 aliphatic rings. The lowest BCUT2D eigenvalue weighted by molar-refractivity contribution is -0.655. The Morgan fingerprint density at radius 2 is 0.443 bits per heavy atom. The average Bonchev–Trinajstić information content (AvgIpc) is 3.34. The van der Waals surface area contributed by atoms with Gasteiger partial charge in [0.25, 0.3) is 0 Å². The highest BCUT2D eigenvalue weighted by atomic mass is 19.2. The average molecular weight is 1020 g/mol. The lowest BCUT2D eigenvalue weighted by atomic mass is 9.12. The van der Waals surface area contributed by atoms with Crippen molar-refractivity contribution in [1.29, 1.82) is 0 Å². The van der Waals surface area contributed by atoms with Gasteiger partial charge in [-0.1, -0.05) is 167 Å². The van der Waals surface area contributed by atoms with E-state index in [0.717, 1.165) is 0 Å². The van der Waals surface area contributed by atoms with Gasteiger partial charge in [-0.05, 0) is 25.7 Å². The fourth-order valence-electron chi connectivity index (χ4n) is 9.03. The lowest BCUT2D eigenvalue weighted by Crippen LogP contribution is -2.84. The van der Waals surface area contributed by atoms with Crippen LogP contribution >= 0.6 is 0 Å². The van der Waals surface area contributed by atoms with Crippen LogP contribution in [0.3, 0.4) is 0 Å². The van der Waals surface area contributed by atoms with Gasteiger partial charge >= 0.3 is 0 Å². The van der Waals surface area contributed by atoms with Crippen molar-refractivity contribution in [1.82, 2.24) is 0 Å². The number of nitrogens with two attached hydrogens (primary N) is 1. The molecule has 0 atom stereocenters. The predicted molar refractivity (Wildman–Crippen MR) is 243 cm³/mol. The fraction of sp³-hybridized carbons (Fsp3) is 0.538. The van der Waals surface area contributed by atoms with Gasteiger partial charge in [0.15, 0.2) is 69.8 Å². The van der Waals surface area contributed by atoms with E-state index in [2.05, 4.69) is 19.2 Å². The van der Waals surface area contributed by atoms with Gasteiger partial charge in [0, 0.05) is 0 Å². The molecule has 0 amide bonds. The van der Waals surface area contributed by atoms with Crippen LogP contribution in [-0.2, 0) is 0 Å². The van der Waals surface area contributed by atoms with Crippen molar-refractivity contribution in [2.75, 3.05) is 13.1 Å². The number of quaternary nitrogens is 1. The van der Waals surface area contributed by atoms with Crippen molar-refractivity contribution in [3.05, 3.63) is 117 Å². The summed E-state index contributed by atoms with van der Waals surface area (Å²) in [5, 5.41) is 2.58. The maximum Gasteiger partial charge on any atom is 0.197 e. The maximum atomic E-state index is 15.3. The quantitative estimate of drug-likeness (QED) is 0.0176. The van der Waals surface area contributed by atoms with Crippen LogP contribution in [0.4, 0.5) is 70.2 Å². The van der Waals surface area contributed by atoms with Gasteiger partial charge in [-0.15, -0.1) is 0 Å². The first-order chi connectivity index (χ1) is 33.4. The van der Waals surface area contributed by atoms with Crippen molar-refractivity contribution in [2.24, 2.45) is 0 Å². The molecule has 18 heteroatoms. The number of halogens is 16. The summed E-state index contributed by atoms with van der Waals surface area (Å²) >= 11 is 0. The first-order valence-electron chi connectivity index (χ1n) is 24.7. The number of hydrogen-bond acceptors (Lipinski definition) is 0. The molecular weight excluding hydrogens is 953 g/mol. The molecule has 0 fully saturated rings. The van der Waals surface area contributed by atoms with Crippen LogP contribution < -0.4 is 27.2 Å². The molecule has 4 rings (SSSR count). The fourth-order valence-corrected chi connectivity index (χ4v) is 9.03. The second-order valence-corrected chi connectivity index (χ2v) is 18.1. The molecule has 0 aliphatic carbocycles. The molecule has 70 heavy (non-hydrogen) atoms. The van der Waals surface area contributed by atoms with E-state index in [1.165, 1.54) is 167 Å². The summed E-state index contributed by atoms with van der Waals surface area (Å²) in [5.74, 6) is -44.3. The Bertz CT molecular complexity index is 1970. The Hall–Kier alpha value is -4.22. The van der Waals surface area contributed by atoms with Gasteiger partial charge in [-0.2, -0.15) is 21.9 Å². The molecule has 392 valence electrons. The Balaban J connectivity index is 0.000000396. The van der Waals surface area contributed by atoms with Crippen LogP contribution in [0, 0.1) is 93.1 Å². The summed E-state index contributed by atoms with van der Waals surface area (Å²) in [6.07, 6.45) is 29.5. The van der Waals surface area contributed by atoms with Crippen molar-refractivity contribution in [3.8, 4) is 0 Å². The van der Waals surface area contributed by atoms with Gasteiger partial charge < -0.3 is 5.32 Å². The molecule has 1 nitrogen and oxygen atoms in total. The van der Waals surface area contributed by atoms with E-state index in [1.807, 2.05) is 0 Å². The molecule has 0 bridgehead atoms. The van der Waals surface area contributed by atoms with Crippen LogP contribution in [0.1, 0.15) is 168 Å². The Kier molecular flexibility index (Phi) is 26.3. The zero-order valence-corrected chi connectivity index (χ0v) is 39.9. The second-order valence-electron chi connectivity index (χ2n) is 18.1. The molecule has 0 saturated heterocycles. The summed E-state index contributed by atoms with van der Waals surface area (Å²) < 4.78 is 232. The topological polar surface area (TPSA) is 16.6 Å². The largest absolute Gasteiger partial charge is 0.346 e. The number of hydrogen-bond donors (Lipinski definition) is 1. The van der Waals surface area contributed by atoms with Crippen molar-refractivity contribution in [2.45, 2.75) is 168 Å². The summed E-state index contributed by atoms with van der Waals surface area (Å²) in [6, 6.07) is -2.49. The molecule has 2 N–H and O–H groups in total. The van der Waals surface area contributed by atoms with E-state index in [-0.39, 0.29) is 0 Å². The van der Waals surface area contributed by atoms with Crippen LogP contribution in [-0.4, -0.2) is 19.2 Å². The SMILES string of the molecule is CCCCCCCCCCCCCC[NH2+]CCCCCCCCCCCCCC.Fc1cc([B-](c2cc(F)c(F)c(F)c2F)(c2cc(F)c(F)c(F)c2F)c2cc(F)c(F)c(F)c2F)c(F)c(F)c1F. The second kappa shape index (κ2) is 30.6. The first kappa shape index (κ1) is 60.1. The standard InChI is InChI=1S/C28H59N.C24H4BF16/c1-3-5-7-9-11-13-15-17-19-21-23-25-27-29-28-26-24-22-20-18-16-14-12-10-8-6-4-2;26-9-1-5(13(30)21(38)17(9)34)25(6-2-10(27)18(35)22(39)14(6)31,7-3-11(28)19(36)23(40)15(7)32)8-4-12(29)20(37)24(41)16(8)33/h29H,3-28H2,1-2H3;1-4H/q;-1/p+1. The highest BCUT2D eigenvalue weighted by Crippen LogP contribution is 2.26. The van der Waals surface area contributed by atoms with Crippen molar-refractivity contribution < 1.29 is 75.6 Å². The van der Waals surface area contributed by atoms with E-state index in [9.17, 15) is 52.7 Å². The summed E-state index contributed by atoms with van der Waals surface area (Å²) in [5.41, 5.74) is -9.06. The monoisotopic (exact) mass is 1020 g/mol. The molecule has 0 unspecified atom stereocenters. The third-order valence-corrected chi connectivity index (χ3v) is 12.9. The van der Waals surface area contributed by atoms with Crippen LogP contribution in [0.15, 0.2) is 24.3 Å². The number of benzene rings is 4. The van der Waals surface area contributed by atoms with Gasteiger partial charge in [0.2, 0.25) is 0 Å².